The molecule has 0 fully saturated rings. The summed E-state index contributed by atoms with van der Waals surface area (Å²) in [6, 6.07) is 6.27. The minimum absolute atomic E-state index is 0.0866. The molecule has 0 spiro atoms. The van der Waals surface area contributed by atoms with Gasteiger partial charge in [0.2, 0.25) is 5.78 Å². The molecule has 0 aliphatic carbocycles. The van der Waals surface area contributed by atoms with Crippen molar-refractivity contribution in [3.05, 3.63) is 61.6 Å². The fraction of sp³-hybridized carbons (Fsp3) is 0.381. The number of benzene rings is 1. The molecule has 1 N–H and O–H groups in total. The summed E-state index contributed by atoms with van der Waals surface area (Å²) in [6.07, 6.45) is 0.337. The van der Waals surface area contributed by atoms with Crippen LogP contribution in [0.15, 0.2) is 27.8 Å². The zero-order chi connectivity index (χ0) is 21.0. The number of hydrogen-bond donors (Lipinski definition) is 1. The maximum absolute atomic E-state index is 13.2. The van der Waals surface area contributed by atoms with Gasteiger partial charge in [-0.3, -0.25) is 22.9 Å². The Morgan fingerprint density at radius 2 is 1.66 bits per heavy atom. The normalized spacial score (nSPS) is 11.8. The molecular formula is C21H25N5O3. The molecule has 4 rings (SSSR count). The number of fused-ring (bicyclic) bond motifs is 3. The van der Waals surface area contributed by atoms with Crippen LogP contribution in [0.3, 0.4) is 0 Å². The van der Waals surface area contributed by atoms with E-state index in [-0.39, 0.29) is 18.7 Å². The quantitative estimate of drug-likeness (QED) is 0.570. The number of imidazole rings is 2. The van der Waals surface area contributed by atoms with Gasteiger partial charge in [0, 0.05) is 37.3 Å². The number of aliphatic hydroxyl groups is 1. The molecule has 8 heteroatoms. The predicted molar refractivity (Wildman–Crippen MR) is 112 cm³/mol. The van der Waals surface area contributed by atoms with E-state index in [9.17, 15) is 9.59 Å². The number of aryl methyl sites for hydroxylation is 4. The van der Waals surface area contributed by atoms with Crippen LogP contribution in [0.4, 0.5) is 0 Å². The number of aliphatic hydroxyl groups excluding tert-OH is 1. The molecular weight excluding hydrogens is 370 g/mol. The average Bonchev–Trinajstić information content (AvgIpc) is 3.15. The third kappa shape index (κ3) is 2.74. The number of rotatable bonds is 4. The van der Waals surface area contributed by atoms with Gasteiger partial charge in [0.05, 0.1) is 0 Å². The fourth-order valence-electron chi connectivity index (χ4n) is 4.07. The molecule has 4 aromatic rings. The predicted octanol–water partition coefficient (Wildman–Crippen LogP) is 1.75. The van der Waals surface area contributed by atoms with Crippen LogP contribution in [0.2, 0.25) is 0 Å². The van der Waals surface area contributed by atoms with Crippen LogP contribution >= 0.6 is 0 Å². The Bertz CT molecular complexity index is 1360. The second-order valence-corrected chi connectivity index (χ2v) is 7.65. The monoisotopic (exact) mass is 395 g/mol. The molecule has 3 aromatic heterocycles. The zero-order valence-corrected chi connectivity index (χ0v) is 17.4. The van der Waals surface area contributed by atoms with Crippen molar-refractivity contribution in [2.24, 2.45) is 7.05 Å². The van der Waals surface area contributed by atoms with E-state index in [4.69, 9.17) is 10.1 Å². The Kier molecular flexibility index (Phi) is 4.46. The summed E-state index contributed by atoms with van der Waals surface area (Å²) >= 11 is 0. The maximum Gasteiger partial charge on any atom is 0.332 e. The lowest BCUT2D eigenvalue weighted by atomic mass is 10.1. The first-order valence-corrected chi connectivity index (χ1v) is 9.65. The largest absolute Gasteiger partial charge is 0.396 e. The summed E-state index contributed by atoms with van der Waals surface area (Å²) in [5, 5.41) is 9.13. The van der Waals surface area contributed by atoms with Crippen LogP contribution in [-0.2, 0) is 13.6 Å². The second-order valence-electron chi connectivity index (χ2n) is 7.65. The van der Waals surface area contributed by atoms with E-state index in [1.165, 1.54) is 9.13 Å². The van der Waals surface area contributed by atoms with E-state index in [0.29, 0.717) is 23.4 Å². The molecule has 29 heavy (non-hydrogen) atoms. The summed E-state index contributed by atoms with van der Waals surface area (Å²) in [4.78, 5) is 30.6. The lowest BCUT2D eigenvalue weighted by Gasteiger charge is -2.09. The fourth-order valence-corrected chi connectivity index (χ4v) is 4.07. The Labute approximate surface area is 167 Å². The van der Waals surface area contributed by atoms with Crippen LogP contribution in [0.1, 0.15) is 28.9 Å². The van der Waals surface area contributed by atoms with Crippen LogP contribution in [0.5, 0.6) is 0 Å². The minimum Gasteiger partial charge on any atom is -0.396 e. The highest BCUT2D eigenvalue weighted by Crippen LogP contribution is 2.25. The Morgan fingerprint density at radius 3 is 2.28 bits per heavy atom. The molecule has 3 heterocycles. The van der Waals surface area contributed by atoms with Crippen LogP contribution < -0.4 is 11.2 Å². The molecule has 0 saturated carbocycles. The third-order valence-electron chi connectivity index (χ3n) is 5.52. The lowest BCUT2D eigenvalue weighted by Crippen LogP contribution is -2.39. The van der Waals surface area contributed by atoms with Gasteiger partial charge in [-0.25, -0.2) is 4.79 Å². The van der Waals surface area contributed by atoms with Crippen molar-refractivity contribution in [1.82, 2.24) is 23.1 Å². The van der Waals surface area contributed by atoms with Crippen molar-refractivity contribution in [3.8, 4) is 5.69 Å². The van der Waals surface area contributed by atoms with Crippen molar-refractivity contribution in [1.29, 1.82) is 0 Å². The van der Waals surface area contributed by atoms with Crippen molar-refractivity contribution < 1.29 is 5.11 Å². The van der Waals surface area contributed by atoms with Crippen molar-refractivity contribution in [2.75, 3.05) is 6.61 Å². The van der Waals surface area contributed by atoms with Gasteiger partial charge in [-0.15, -0.1) is 0 Å². The molecule has 0 atom stereocenters. The summed E-state index contributed by atoms with van der Waals surface area (Å²) < 4.78 is 6.44. The third-order valence-corrected chi connectivity index (χ3v) is 5.52. The van der Waals surface area contributed by atoms with E-state index >= 15 is 0 Å². The van der Waals surface area contributed by atoms with E-state index in [1.54, 1.807) is 7.05 Å². The smallest absolute Gasteiger partial charge is 0.332 e. The van der Waals surface area contributed by atoms with Crippen molar-refractivity contribution in [3.63, 3.8) is 0 Å². The van der Waals surface area contributed by atoms with Gasteiger partial charge in [-0.2, -0.15) is 4.98 Å². The summed E-state index contributed by atoms with van der Waals surface area (Å²) in [5.74, 6) is 0.604. The minimum atomic E-state index is -0.427. The van der Waals surface area contributed by atoms with E-state index in [2.05, 4.69) is 18.2 Å². The molecule has 0 amide bonds. The van der Waals surface area contributed by atoms with Gasteiger partial charge >= 0.3 is 5.69 Å². The Hall–Kier alpha value is -3.13. The Balaban J connectivity index is 2.15. The van der Waals surface area contributed by atoms with E-state index < -0.39 is 5.69 Å². The summed E-state index contributed by atoms with van der Waals surface area (Å²) in [5.41, 5.74) is 5.05. The van der Waals surface area contributed by atoms with E-state index in [0.717, 1.165) is 28.2 Å². The van der Waals surface area contributed by atoms with Crippen LogP contribution in [0.25, 0.3) is 22.6 Å². The lowest BCUT2D eigenvalue weighted by molar-refractivity contribution is 0.277. The molecule has 0 aliphatic rings. The average molecular weight is 395 g/mol. The highest BCUT2D eigenvalue weighted by Gasteiger charge is 2.23. The van der Waals surface area contributed by atoms with Gasteiger partial charge in [0.15, 0.2) is 11.2 Å². The van der Waals surface area contributed by atoms with Gasteiger partial charge < -0.3 is 5.11 Å². The zero-order valence-electron chi connectivity index (χ0n) is 17.4. The van der Waals surface area contributed by atoms with Gasteiger partial charge in [-0.1, -0.05) is 6.07 Å². The summed E-state index contributed by atoms with van der Waals surface area (Å²) in [7, 11) is 1.62. The van der Waals surface area contributed by atoms with Gasteiger partial charge in [0.25, 0.3) is 5.56 Å². The molecule has 152 valence electrons. The SMILES string of the molecule is Cc1cc(C)cc(-n2c(C)c(C)n3c4c(=O)n(CCCO)c(=O)n(C)c4nc23)c1. The highest BCUT2D eigenvalue weighted by atomic mass is 16.3. The van der Waals surface area contributed by atoms with Crippen molar-refractivity contribution in [2.45, 2.75) is 40.7 Å². The molecule has 0 aliphatic heterocycles. The van der Waals surface area contributed by atoms with Gasteiger partial charge in [0.1, 0.15) is 0 Å². The highest BCUT2D eigenvalue weighted by molar-refractivity contribution is 5.77. The Morgan fingerprint density at radius 1 is 1.00 bits per heavy atom. The molecule has 8 nitrogen and oxygen atoms in total. The molecule has 0 unspecified atom stereocenters. The first-order valence-electron chi connectivity index (χ1n) is 9.65. The first kappa shape index (κ1) is 19.2. The maximum atomic E-state index is 13.2. The number of hydrogen-bond acceptors (Lipinski definition) is 4. The molecule has 0 saturated heterocycles. The van der Waals surface area contributed by atoms with Crippen molar-refractivity contribution >= 4 is 16.9 Å². The standard InChI is InChI=1S/C21H25N5O3/c1-12-9-13(2)11-16(10-12)25-14(3)15(4)26-17-18(22-20(25)26)23(5)21(29)24(19(17)28)7-6-8-27/h9-11,27H,6-8H2,1-5H3. The number of aromatic nitrogens is 5. The topological polar surface area (TPSA) is 86.5 Å². The number of nitrogens with zero attached hydrogens (tertiary/aromatic N) is 5. The van der Waals surface area contributed by atoms with E-state index in [1.807, 2.05) is 36.7 Å². The first-order chi connectivity index (χ1) is 13.8. The molecule has 1 aromatic carbocycles. The molecule has 0 bridgehead atoms. The summed E-state index contributed by atoms with van der Waals surface area (Å²) in [6.45, 7) is 8.12. The van der Waals surface area contributed by atoms with Gasteiger partial charge in [-0.05, 0) is 57.4 Å². The molecule has 0 radical (unpaired) electrons. The van der Waals surface area contributed by atoms with Crippen LogP contribution in [-0.4, -0.2) is 34.8 Å². The van der Waals surface area contributed by atoms with Crippen LogP contribution in [0, 0.1) is 27.7 Å². The second kappa shape index (κ2) is 6.73.